The zero-order valence-corrected chi connectivity index (χ0v) is 18.2. The first kappa shape index (κ1) is 21.8. The minimum atomic E-state index is -3.63. The van der Waals surface area contributed by atoms with E-state index in [0.717, 1.165) is 41.6 Å². The molecule has 0 amide bonds. The lowest BCUT2D eigenvalue weighted by molar-refractivity contribution is -0.146. The van der Waals surface area contributed by atoms with Crippen molar-refractivity contribution in [1.29, 1.82) is 0 Å². The van der Waals surface area contributed by atoms with Crippen LogP contribution < -0.4 is 0 Å². The zero-order chi connectivity index (χ0) is 21.0. The number of para-hydroxylation sites is 1. The van der Waals surface area contributed by atoms with Crippen LogP contribution >= 0.6 is 0 Å². The number of hydrogen-bond donors (Lipinski definition) is 0. The first-order valence-corrected chi connectivity index (χ1v) is 11.6. The summed E-state index contributed by atoms with van der Waals surface area (Å²) in [5.41, 5.74) is 1.72. The van der Waals surface area contributed by atoms with Crippen LogP contribution in [0.3, 0.4) is 0 Å². The number of hydrogen-bond acceptors (Lipinski definition) is 5. The molecule has 0 atom stereocenters. The average Bonchev–Trinajstić information content (AvgIpc) is 3.09. The van der Waals surface area contributed by atoms with Crippen molar-refractivity contribution in [3.05, 3.63) is 35.6 Å². The fourth-order valence-corrected chi connectivity index (χ4v) is 5.21. The van der Waals surface area contributed by atoms with Gasteiger partial charge in [-0.25, -0.2) is 0 Å². The standard InChI is InChI=1S/C21H30N2O5S/c1-4-5-9-20-18(17-8-6-7-10-19(17)28-20)15-22(2)29(25,26)23-13-11-16(12-14-23)21(24)27-3/h6-8,10,16H,4-5,9,11-15H2,1-3H3. The number of furan rings is 1. The Hall–Kier alpha value is -1.90. The van der Waals surface area contributed by atoms with Gasteiger partial charge in [0, 0.05) is 44.1 Å². The quantitative estimate of drug-likeness (QED) is 0.610. The summed E-state index contributed by atoms with van der Waals surface area (Å²) in [6.07, 6.45) is 3.79. The second-order valence-electron chi connectivity index (χ2n) is 7.56. The summed E-state index contributed by atoms with van der Waals surface area (Å²) < 4.78 is 39.9. The Bertz CT molecular complexity index is 945. The molecule has 1 fully saturated rings. The van der Waals surface area contributed by atoms with Crippen LogP contribution in [0.5, 0.6) is 0 Å². The number of nitrogens with zero attached hydrogens (tertiary/aromatic N) is 2. The summed E-state index contributed by atoms with van der Waals surface area (Å²) in [7, 11) is -0.657. The van der Waals surface area contributed by atoms with Crippen molar-refractivity contribution in [2.45, 2.75) is 45.6 Å². The van der Waals surface area contributed by atoms with Crippen LogP contribution in [0.1, 0.15) is 43.9 Å². The Balaban J connectivity index is 1.77. The van der Waals surface area contributed by atoms with Gasteiger partial charge in [-0.3, -0.25) is 4.79 Å². The third kappa shape index (κ3) is 4.65. The van der Waals surface area contributed by atoms with Crippen LogP contribution in [0.4, 0.5) is 0 Å². The van der Waals surface area contributed by atoms with Crippen molar-refractivity contribution < 1.29 is 22.4 Å². The van der Waals surface area contributed by atoms with Crippen molar-refractivity contribution in [3.63, 3.8) is 0 Å². The lowest BCUT2D eigenvalue weighted by Crippen LogP contribution is -2.46. The van der Waals surface area contributed by atoms with Crippen molar-refractivity contribution >= 4 is 27.1 Å². The molecule has 3 rings (SSSR count). The van der Waals surface area contributed by atoms with Crippen LogP contribution in [-0.2, 0) is 32.7 Å². The van der Waals surface area contributed by atoms with E-state index in [4.69, 9.17) is 9.15 Å². The van der Waals surface area contributed by atoms with Crippen LogP contribution in [0.2, 0.25) is 0 Å². The van der Waals surface area contributed by atoms with Gasteiger partial charge in [-0.15, -0.1) is 0 Å². The van der Waals surface area contributed by atoms with Crippen molar-refractivity contribution in [2.75, 3.05) is 27.2 Å². The molecular formula is C21H30N2O5S. The third-order valence-corrected chi connectivity index (χ3v) is 7.56. The van der Waals surface area contributed by atoms with E-state index in [0.29, 0.717) is 25.9 Å². The highest BCUT2D eigenvalue weighted by molar-refractivity contribution is 7.86. The minimum absolute atomic E-state index is 0.227. The predicted molar refractivity (Wildman–Crippen MR) is 112 cm³/mol. The molecule has 0 spiro atoms. The summed E-state index contributed by atoms with van der Waals surface area (Å²) in [5.74, 6) is 0.371. The molecular weight excluding hydrogens is 392 g/mol. The van der Waals surface area contributed by atoms with Crippen LogP contribution in [0.25, 0.3) is 11.0 Å². The van der Waals surface area contributed by atoms with Crippen LogP contribution in [0, 0.1) is 5.92 Å². The van der Waals surface area contributed by atoms with Gasteiger partial charge in [0.15, 0.2) is 0 Å². The largest absolute Gasteiger partial charge is 0.469 e. The maximum Gasteiger partial charge on any atom is 0.308 e. The topological polar surface area (TPSA) is 80.1 Å². The van der Waals surface area contributed by atoms with Gasteiger partial charge in [-0.2, -0.15) is 17.0 Å². The van der Waals surface area contributed by atoms with Gasteiger partial charge in [-0.05, 0) is 25.3 Å². The van der Waals surface area contributed by atoms with E-state index in [1.54, 1.807) is 7.05 Å². The number of unbranched alkanes of at least 4 members (excludes halogenated alkanes) is 1. The monoisotopic (exact) mass is 422 g/mol. The molecule has 7 nitrogen and oxygen atoms in total. The van der Waals surface area contributed by atoms with E-state index in [1.807, 2.05) is 24.3 Å². The highest BCUT2D eigenvalue weighted by atomic mass is 32.2. The fourth-order valence-electron chi connectivity index (χ4n) is 3.85. The Morgan fingerprint density at radius 2 is 1.97 bits per heavy atom. The first-order chi connectivity index (χ1) is 13.9. The molecule has 0 bridgehead atoms. The van der Waals surface area contributed by atoms with Crippen LogP contribution in [-0.4, -0.2) is 50.2 Å². The van der Waals surface area contributed by atoms with Gasteiger partial charge in [0.25, 0.3) is 10.2 Å². The number of methoxy groups -OCH3 is 1. The Morgan fingerprint density at radius 3 is 2.62 bits per heavy atom. The lowest BCUT2D eigenvalue weighted by Gasteiger charge is -2.32. The van der Waals surface area contributed by atoms with Crippen molar-refractivity contribution in [2.24, 2.45) is 5.92 Å². The smallest absolute Gasteiger partial charge is 0.308 e. The SMILES string of the molecule is CCCCc1oc2ccccc2c1CN(C)S(=O)(=O)N1CCC(C(=O)OC)CC1. The van der Waals surface area contributed by atoms with E-state index in [-0.39, 0.29) is 18.4 Å². The molecule has 1 aliphatic rings. The first-order valence-electron chi connectivity index (χ1n) is 10.2. The molecule has 0 unspecified atom stereocenters. The number of rotatable bonds is 8. The van der Waals surface area contributed by atoms with Gasteiger partial charge < -0.3 is 9.15 Å². The third-order valence-electron chi connectivity index (χ3n) is 5.63. The summed E-state index contributed by atoms with van der Waals surface area (Å²) in [6, 6.07) is 7.76. The molecule has 1 aliphatic heterocycles. The number of carbonyl (C=O) groups excluding carboxylic acids is 1. The number of aryl methyl sites for hydroxylation is 1. The average molecular weight is 423 g/mol. The van der Waals surface area contributed by atoms with E-state index in [2.05, 4.69) is 6.92 Å². The van der Waals surface area contributed by atoms with Gasteiger partial charge in [0.2, 0.25) is 0 Å². The highest BCUT2D eigenvalue weighted by Gasteiger charge is 2.34. The number of ether oxygens (including phenoxy) is 1. The van der Waals surface area contributed by atoms with Crippen molar-refractivity contribution in [3.8, 4) is 0 Å². The lowest BCUT2D eigenvalue weighted by atomic mass is 9.99. The highest BCUT2D eigenvalue weighted by Crippen LogP contribution is 2.30. The molecule has 0 radical (unpaired) electrons. The molecule has 1 aromatic carbocycles. The summed E-state index contributed by atoms with van der Waals surface area (Å²) in [5, 5.41) is 0.963. The summed E-state index contributed by atoms with van der Waals surface area (Å²) in [4.78, 5) is 11.7. The summed E-state index contributed by atoms with van der Waals surface area (Å²) >= 11 is 0. The number of piperidine rings is 1. The molecule has 1 saturated heterocycles. The molecule has 2 aromatic rings. The normalized spacial score (nSPS) is 16.6. The number of fused-ring (bicyclic) bond motifs is 1. The predicted octanol–water partition coefficient (Wildman–Crippen LogP) is 3.34. The van der Waals surface area contributed by atoms with Gasteiger partial charge in [-0.1, -0.05) is 31.5 Å². The van der Waals surface area contributed by atoms with Gasteiger partial charge in [0.05, 0.1) is 13.0 Å². The van der Waals surface area contributed by atoms with E-state index in [9.17, 15) is 13.2 Å². The van der Waals surface area contributed by atoms with E-state index < -0.39 is 10.2 Å². The second-order valence-corrected chi connectivity index (χ2v) is 9.60. The van der Waals surface area contributed by atoms with E-state index in [1.165, 1.54) is 15.7 Å². The van der Waals surface area contributed by atoms with Crippen molar-refractivity contribution in [1.82, 2.24) is 8.61 Å². The Kier molecular flexibility index (Phi) is 6.97. The summed E-state index contributed by atoms with van der Waals surface area (Å²) in [6.45, 7) is 3.02. The maximum absolute atomic E-state index is 13.1. The Labute approximate surface area is 172 Å². The molecule has 0 aliphatic carbocycles. The fraction of sp³-hybridized carbons (Fsp3) is 0.571. The molecule has 8 heteroatoms. The van der Waals surface area contributed by atoms with E-state index >= 15 is 0 Å². The number of carbonyl (C=O) groups is 1. The molecule has 0 saturated carbocycles. The molecule has 29 heavy (non-hydrogen) atoms. The molecule has 2 heterocycles. The molecule has 1 aromatic heterocycles. The Morgan fingerprint density at radius 1 is 1.28 bits per heavy atom. The molecule has 0 N–H and O–H groups in total. The second kappa shape index (κ2) is 9.28. The number of benzene rings is 1. The zero-order valence-electron chi connectivity index (χ0n) is 17.4. The maximum atomic E-state index is 13.1. The number of esters is 1. The van der Waals surface area contributed by atoms with Crippen LogP contribution in [0.15, 0.2) is 28.7 Å². The minimum Gasteiger partial charge on any atom is -0.469 e. The van der Waals surface area contributed by atoms with Gasteiger partial charge in [0.1, 0.15) is 11.3 Å². The molecule has 160 valence electrons. The van der Waals surface area contributed by atoms with Gasteiger partial charge >= 0.3 is 5.97 Å².